The largest absolute Gasteiger partial charge is 0.477 e. The van der Waals surface area contributed by atoms with Crippen molar-refractivity contribution in [3.05, 3.63) is 0 Å². The van der Waals surface area contributed by atoms with Crippen LogP contribution in [0, 0.1) is 11.8 Å². The first kappa shape index (κ1) is 11.4. The highest BCUT2D eigenvalue weighted by Gasteiger charge is 2.49. The SMILES string of the molecule is CC1CCC([C@@H](N)C(F)(F)C(=O)O)C1. The van der Waals surface area contributed by atoms with Crippen molar-refractivity contribution in [2.75, 3.05) is 0 Å². The molecule has 0 amide bonds. The molecule has 3 atom stereocenters. The average Bonchev–Trinajstić information content (AvgIpc) is 2.50. The number of carboxylic acid groups (broad SMARTS) is 1. The summed E-state index contributed by atoms with van der Waals surface area (Å²) in [5, 5.41) is 8.31. The van der Waals surface area contributed by atoms with E-state index in [2.05, 4.69) is 0 Å². The van der Waals surface area contributed by atoms with Gasteiger partial charge in [0.1, 0.15) is 0 Å². The normalized spacial score (nSPS) is 30.3. The number of hydrogen-bond donors (Lipinski definition) is 2. The fourth-order valence-electron chi connectivity index (χ4n) is 2.02. The van der Waals surface area contributed by atoms with E-state index in [4.69, 9.17) is 10.8 Å². The van der Waals surface area contributed by atoms with Crippen molar-refractivity contribution in [2.24, 2.45) is 17.6 Å². The lowest BCUT2D eigenvalue weighted by Gasteiger charge is -2.24. The Balaban J connectivity index is 2.65. The van der Waals surface area contributed by atoms with Crippen LogP contribution >= 0.6 is 0 Å². The van der Waals surface area contributed by atoms with Gasteiger partial charge in [0.25, 0.3) is 0 Å². The molecule has 0 aliphatic heterocycles. The van der Waals surface area contributed by atoms with Crippen molar-refractivity contribution in [1.82, 2.24) is 0 Å². The zero-order valence-electron chi connectivity index (χ0n) is 8.04. The molecule has 0 aromatic carbocycles. The number of aliphatic carboxylic acids is 1. The molecule has 1 fully saturated rings. The van der Waals surface area contributed by atoms with E-state index in [0.29, 0.717) is 18.8 Å². The molecule has 0 radical (unpaired) electrons. The van der Waals surface area contributed by atoms with Crippen LogP contribution in [0.2, 0.25) is 0 Å². The minimum absolute atomic E-state index is 0.365. The van der Waals surface area contributed by atoms with E-state index >= 15 is 0 Å². The molecule has 1 aliphatic rings. The third-order valence-corrected chi connectivity index (χ3v) is 2.95. The van der Waals surface area contributed by atoms with Gasteiger partial charge < -0.3 is 10.8 Å². The molecule has 1 aliphatic carbocycles. The monoisotopic (exact) mass is 207 g/mol. The van der Waals surface area contributed by atoms with Crippen LogP contribution in [-0.4, -0.2) is 23.0 Å². The van der Waals surface area contributed by atoms with E-state index in [1.165, 1.54) is 0 Å². The summed E-state index contributed by atoms with van der Waals surface area (Å²) in [7, 11) is 0. The van der Waals surface area contributed by atoms with Crippen molar-refractivity contribution < 1.29 is 18.7 Å². The van der Waals surface area contributed by atoms with E-state index in [9.17, 15) is 13.6 Å². The van der Waals surface area contributed by atoms with Crippen LogP contribution in [0.15, 0.2) is 0 Å². The van der Waals surface area contributed by atoms with Gasteiger partial charge in [-0.25, -0.2) is 4.79 Å². The number of hydrogen-bond acceptors (Lipinski definition) is 2. The van der Waals surface area contributed by atoms with Crippen molar-refractivity contribution in [3.8, 4) is 0 Å². The van der Waals surface area contributed by atoms with Crippen LogP contribution in [0.1, 0.15) is 26.2 Å². The Morgan fingerprint density at radius 2 is 2.14 bits per heavy atom. The molecule has 0 aromatic rings. The van der Waals surface area contributed by atoms with Gasteiger partial charge in [-0.15, -0.1) is 0 Å². The molecule has 0 heterocycles. The van der Waals surface area contributed by atoms with Crippen molar-refractivity contribution in [2.45, 2.75) is 38.2 Å². The molecule has 3 N–H and O–H groups in total. The van der Waals surface area contributed by atoms with Gasteiger partial charge in [-0.05, 0) is 24.7 Å². The number of alkyl halides is 2. The number of halogens is 2. The molecule has 1 rings (SSSR count). The van der Waals surface area contributed by atoms with Crippen LogP contribution < -0.4 is 5.73 Å². The van der Waals surface area contributed by atoms with Gasteiger partial charge in [0.2, 0.25) is 0 Å². The minimum Gasteiger partial charge on any atom is -0.477 e. The van der Waals surface area contributed by atoms with E-state index in [-0.39, 0.29) is 5.92 Å². The fraction of sp³-hybridized carbons (Fsp3) is 0.889. The summed E-state index contributed by atoms with van der Waals surface area (Å²) in [4.78, 5) is 10.3. The predicted molar refractivity (Wildman–Crippen MR) is 47.1 cm³/mol. The maximum atomic E-state index is 13.0. The van der Waals surface area contributed by atoms with E-state index < -0.39 is 17.9 Å². The Bertz CT molecular complexity index is 233. The third kappa shape index (κ3) is 2.03. The lowest BCUT2D eigenvalue weighted by Crippen LogP contribution is -2.50. The molecular formula is C9H15F2NO2. The second-order valence-electron chi connectivity index (χ2n) is 4.13. The highest BCUT2D eigenvalue weighted by atomic mass is 19.3. The van der Waals surface area contributed by atoms with Gasteiger partial charge in [-0.1, -0.05) is 13.3 Å². The summed E-state index contributed by atoms with van der Waals surface area (Å²) in [5.74, 6) is -5.91. The van der Waals surface area contributed by atoms with Gasteiger partial charge in [0, 0.05) is 0 Å². The van der Waals surface area contributed by atoms with Crippen LogP contribution in [0.25, 0.3) is 0 Å². The lowest BCUT2D eigenvalue weighted by molar-refractivity contribution is -0.170. The zero-order valence-corrected chi connectivity index (χ0v) is 8.04. The summed E-state index contributed by atoms with van der Waals surface area (Å²) in [6.45, 7) is 1.96. The quantitative estimate of drug-likeness (QED) is 0.736. The van der Waals surface area contributed by atoms with E-state index in [1.54, 1.807) is 0 Å². The molecule has 2 unspecified atom stereocenters. The first-order valence-electron chi connectivity index (χ1n) is 4.72. The van der Waals surface area contributed by atoms with Gasteiger partial charge in [-0.2, -0.15) is 8.78 Å². The van der Waals surface area contributed by atoms with Gasteiger partial charge in [0.15, 0.2) is 0 Å². The standard InChI is InChI=1S/C9H15F2NO2/c1-5-2-3-6(4-5)7(12)9(10,11)8(13)14/h5-7H,2-4,12H2,1H3,(H,13,14)/t5?,6?,7-/m1/s1. The Labute approximate surface area is 81.3 Å². The van der Waals surface area contributed by atoms with Crippen LogP contribution in [-0.2, 0) is 4.79 Å². The van der Waals surface area contributed by atoms with Crippen molar-refractivity contribution >= 4 is 5.97 Å². The van der Waals surface area contributed by atoms with Gasteiger partial charge >= 0.3 is 11.9 Å². The number of carboxylic acids is 1. The highest BCUT2D eigenvalue weighted by Crippen LogP contribution is 2.36. The molecule has 0 spiro atoms. The molecule has 0 saturated heterocycles. The smallest absolute Gasteiger partial charge is 0.376 e. The fourth-order valence-corrected chi connectivity index (χ4v) is 2.02. The molecule has 0 bridgehead atoms. The molecule has 14 heavy (non-hydrogen) atoms. The molecular weight excluding hydrogens is 192 g/mol. The second-order valence-corrected chi connectivity index (χ2v) is 4.13. The zero-order chi connectivity index (χ0) is 10.9. The number of nitrogens with two attached hydrogens (primary N) is 1. The van der Waals surface area contributed by atoms with Crippen molar-refractivity contribution in [1.29, 1.82) is 0 Å². The number of rotatable bonds is 3. The molecule has 0 aromatic heterocycles. The maximum absolute atomic E-state index is 13.0. The van der Waals surface area contributed by atoms with Crippen LogP contribution in [0.4, 0.5) is 8.78 Å². The van der Waals surface area contributed by atoms with Gasteiger partial charge in [0.05, 0.1) is 6.04 Å². The predicted octanol–water partition coefficient (Wildman–Crippen LogP) is 1.47. The Kier molecular flexibility index (Phi) is 3.09. The minimum atomic E-state index is -3.80. The molecule has 5 heteroatoms. The summed E-state index contributed by atoms with van der Waals surface area (Å²) < 4.78 is 26.0. The Morgan fingerprint density at radius 1 is 1.57 bits per heavy atom. The summed E-state index contributed by atoms with van der Waals surface area (Å²) >= 11 is 0. The van der Waals surface area contributed by atoms with Crippen LogP contribution in [0.5, 0.6) is 0 Å². The molecule has 1 saturated carbocycles. The Morgan fingerprint density at radius 3 is 2.50 bits per heavy atom. The van der Waals surface area contributed by atoms with Gasteiger partial charge in [-0.3, -0.25) is 0 Å². The Hall–Kier alpha value is -0.710. The average molecular weight is 207 g/mol. The lowest BCUT2D eigenvalue weighted by atomic mass is 9.93. The first-order valence-corrected chi connectivity index (χ1v) is 4.72. The highest BCUT2D eigenvalue weighted by molar-refractivity contribution is 5.76. The third-order valence-electron chi connectivity index (χ3n) is 2.95. The van der Waals surface area contributed by atoms with Crippen LogP contribution in [0.3, 0.4) is 0 Å². The first-order chi connectivity index (χ1) is 6.35. The van der Waals surface area contributed by atoms with Crippen molar-refractivity contribution in [3.63, 3.8) is 0 Å². The number of carbonyl (C=O) groups is 1. The van der Waals surface area contributed by atoms with E-state index in [0.717, 1.165) is 6.42 Å². The maximum Gasteiger partial charge on any atom is 0.376 e. The molecule has 82 valence electrons. The summed E-state index contributed by atoms with van der Waals surface area (Å²) in [6.07, 6.45) is 2.06. The molecule has 3 nitrogen and oxygen atoms in total. The summed E-state index contributed by atoms with van der Waals surface area (Å²) in [6, 6.07) is -1.55. The summed E-state index contributed by atoms with van der Waals surface area (Å²) in [5.41, 5.74) is 5.29. The van der Waals surface area contributed by atoms with E-state index in [1.807, 2.05) is 6.92 Å². The second kappa shape index (κ2) is 3.81. The topological polar surface area (TPSA) is 63.3 Å².